The third-order valence-electron chi connectivity index (χ3n) is 9.70. The number of aromatic nitrogens is 3. The number of hydrogen-bond donors (Lipinski definition) is 0. The van der Waals surface area contributed by atoms with Gasteiger partial charge in [0.1, 0.15) is 11.2 Å². The number of benzene rings is 8. The first-order chi connectivity index (χ1) is 25.2. The van der Waals surface area contributed by atoms with Gasteiger partial charge in [-0.3, -0.25) is 0 Å². The lowest BCUT2D eigenvalue weighted by molar-refractivity contribution is 0.669. The molecular weight excluding hydrogens is 623 g/mol. The van der Waals surface area contributed by atoms with Gasteiger partial charge in [0, 0.05) is 27.5 Å². The second-order valence-corrected chi connectivity index (χ2v) is 12.8. The van der Waals surface area contributed by atoms with Crippen LogP contribution in [0.4, 0.5) is 0 Å². The molecule has 0 amide bonds. The first kappa shape index (κ1) is 29.0. The van der Waals surface area contributed by atoms with Crippen LogP contribution in [-0.4, -0.2) is 15.0 Å². The minimum Gasteiger partial charge on any atom is -0.456 e. The van der Waals surface area contributed by atoms with Crippen molar-refractivity contribution in [1.82, 2.24) is 15.0 Å². The van der Waals surface area contributed by atoms with E-state index >= 15 is 0 Å². The largest absolute Gasteiger partial charge is 0.456 e. The van der Waals surface area contributed by atoms with Crippen molar-refractivity contribution in [1.29, 1.82) is 0 Å². The summed E-state index contributed by atoms with van der Waals surface area (Å²) in [7, 11) is 0. The Morgan fingerprint density at radius 2 is 0.882 bits per heavy atom. The summed E-state index contributed by atoms with van der Waals surface area (Å²) < 4.78 is 6.66. The minimum atomic E-state index is 0.594. The first-order valence-corrected chi connectivity index (χ1v) is 17.1. The molecule has 0 radical (unpaired) electrons. The number of furan rings is 1. The van der Waals surface area contributed by atoms with Gasteiger partial charge in [0.05, 0.1) is 0 Å². The van der Waals surface area contributed by atoms with E-state index in [4.69, 9.17) is 19.4 Å². The Morgan fingerprint density at radius 3 is 1.65 bits per heavy atom. The molecule has 51 heavy (non-hydrogen) atoms. The lowest BCUT2D eigenvalue weighted by Crippen LogP contribution is -2.01. The molecule has 0 saturated carbocycles. The summed E-state index contributed by atoms with van der Waals surface area (Å²) in [4.78, 5) is 15.5. The Labute approximate surface area is 294 Å². The summed E-state index contributed by atoms with van der Waals surface area (Å²) in [5.41, 5.74) is 8.90. The molecule has 10 aromatic rings. The molecule has 0 bridgehead atoms. The van der Waals surface area contributed by atoms with Gasteiger partial charge in [0.15, 0.2) is 17.5 Å². The van der Waals surface area contributed by atoms with Crippen LogP contribution < -0.4 is 0 Å². The van der Waals surface area contributed by atoms with E-state index < -0.39 is 0 Å². The summed E-state index contributed by atoms with van der Waals surface area (Å²) in [5.74, 6) is 1.83. The zero-order chi connectivity index (χ0) is 33.7. The number of hydrogen-bond acceptors (Lipinski definition) is 4. The lowest BCUT2D eigenvalue weighted by Gasteiger charge is -2.12. The Hall–Kier alpha value is -6.91. The standard InChI is InChI=1S/C47H29N3O/c1-3-12-30(13-4-1)34-18-11-19-36(26-34)45-48-46(37-23-22-32-16-7-8-17-33(32)27-37)50-47(49-45)41-29-43-44(39-21-10-9-20-38(39)41)40-25-24-35(28-42(40)51-43)31-14-5-2-6-15-31/h1-29H. The van der Waals surface area contributed by atoms with E-state index in [2.05, 4.69) is 164 Å². The molecule has 0 aliphatic carbocycles. The highest BCUT2D eigenvalue weighted by atomic mass is 16.3. The maximum atomic E-state index is 6.66. The average molecular weight is 652 g/mol. The van der Waals surface area contributed by atoms with Crippen molar-refractivity contribution in [3.63, 3.8) is 0 Å². The van der Waals surface area contributed by atoms with Gasteiger partial charge in [-0.1, -0.05) is 146 Å². The number of rotatable bonds is 5. The number of nitrogens with zero attached hydrogens (tertiary/aromatic N) is 3. The van der Waals surface area contributed by atoms with Crippen LogP contribution in [0.2, 0.25) is 0 Å². The SMILES string of the molecule is c1ccc(-c2cccc(-c3nc(-c4ccc5ccccc5c4)nc(-c4cc5oc6cc(-c7ccccc7)ccc6c5c5ccccc45)n3)c2)cc1. The second kappa shape index (κ2) is 11.9. The molecule has 4 heteroatoms. The third-order valence-corrected chi connectivity index (χ3v) is 9.70. The van der Waals surface area contributed by atoms with Gasteiger partial charge >= 0.3 is 0 Å². The van der Waals surface area contributed by atoms with Gasteiger partial charge in [0.25, 0.3) is 0 Å². The summed E-state index contributed by atoms with van der Waals surface area (Å²) in [6.07, 6.45) is 0. The molecular formula is C47H29N3O. The minimum absolute atomic E-state index is 0.594. The highest BCUT2D eigenvalue weighted by Gasteiger charge is 2.19. The van der Waals surface area contributed by atoms with Gasteiger partial charge < -0.3 is 4.42 Å². The zero-order valence-corrected chi connectivity index (χ0v) is 27.5. The van der Waals surface area contributed by atoms with Crippen LogP contribution >= 0.6 is 0 Å². The average Bonchev–Trinajstić information content (AvgIpc) is 3.59. The smallest absolute Gasteiger partial charge is 0.164 e. The monoisotopic (exact) mass is 651 g/mol. The zero-order valence-electron chi connectivity index (χ0n) is 27.5. The van der Waals surface area contributed by atoms with Crippen molar-refractivity contribution >= 4 is 43.5 Å². The van der Waals surface area contributed by atoms with Crippen molar-refractivity contribution in [3.05, 3.63) is 176 Å². The fraction of sp³-hybridized carbons (Fsp3) is 0. The van der Waals surface area contributed by atoms with Crippen LogP contribution in [-0.2, 0) is 0 Å². The molecule has 8 aromatic carbocycles. The lowest BCUT2D eigenvalue weighted by atomic mass is 9.97. The maximum Gasteiger partial charge on any atom is 0.164 e. The fourth-order valence-corrected chi connectivity index (χ4v) is 7.19. The third kappa shape index (κ3) is 5.13. The quantitative estimate of drug-likeness (QED) is 0.186. The van der Waals surface area contributed by atoms with Crippen LogP contribution in [0.25, 0.3) is 99.9 Å². The summed E-state index contributed by atoms with van der Waals surface area (Å²) in [6, 6.07) is 61.0. The van der Waals surface area contributed by atoms with E-state index in [1.165, 1.54) is 5.39 Å². The summed E-state index contributed by atoms with van der Waals surface area (Å²) in [6.45, 7) is 0. The van der Waals surface area contributed by atoms with Crippen molar-refractivity contribution in [2.24, 2.45) is 0 Å². The molecule has 0 aliphatic rings. The molecule has 238 valence electrons. The van der Waals surface area contributed by atoms with Crippen molar-refractivity contribution in [3.8, 4) is 56.4 Å². The van der Waals surface area contributed by atoms with Crippen molar-refractivity contribution in [2.45, 2.75) is 0 Å². The second-order valence-electron chi connectivity index (χ2n) is 12.8. The molecule has 2 aromatic heterocycles. The molecule has 2 heterocycles. The van der Waals surface area contributed by atoms with Gasteiger partial charge in [-0.2, -0.15) is 0 Å². The van der Waals surface area contributed by atoms with Crippen LogP contribution in [0.15, 0.2) is 180 Å². The first-order valence-electron chi connectivity index (χ1n) is 17.1. The molecule has 0 aliphatic heterocycles. The van der Waals surface area contributed by atoms with Crippen molar-refractivity contribution in [2.75, 3.05) is 0 Å². The van der Waals surface area contributed by atoms with Crippen molar-refractivity contribution < 1.29 is 4.42 Å². The van der Waals surface area contributed by atoms with E-state index in [1.807, 2.05) is 12.1 Å². The van der Waals surface area contributed by atoms with E-state index in [-0.39, 0.29) is 0 Å². The molecule has 10 rings (SSSR count). The predicted octanol–water partition coefficient (Wildman–Crippen LogP) is 12.4. The molecule has 0 N–H and O–H groups in total. The van der Waals surface area contributed by atoms with E-state index in [1.54, 1.807) is 0 Å². The van der Waals surface area contributed by atoms with E-state index in [9.17, 15) is 0 Å². The topological polar surface area (TPSA) is 51.8 Å². The van der Waals surface area contributed by atoms with Gasteiger partial charge in [-0.25, -0.2) is 15.0 Å². The van der Waals surface area contributed by atoms with Gasteiger partial charge in [-0.05, 0) is 74.1 Å². The van der Waals surface area contributed by atoms with Crippen LogP contribution in [0.1, 0.15) is 0 Å². The summed E-state index contributed by atoms with van der Waals surface area (Å²) >= 11 is 0. The molecule has 0 atom stereocenters. The van der Waals surface area contributed by atoms with Gasteiger partial charge in [-0.15, -0.1) is 0 Å². The fourth-order valence-electron chi connectivity index (χ4n) is 7.19. The highest BCUT2D eigenvalue weighted by molar-refractivity contribution is 6.22. The molecule has 0 saturated heterocycles. The van der Waals surface area contributed by atoms with Crippen LogP contribution in [0.3, 0.4) is 0 Å². The Morgan fingerprint density at radius 1 is 0.314 bits per heavy atom. The maximum absolute atomic E-state index is 6.66. The Balaban J connectivity index is 1.20. The highest BCUT2D eigenvalue weighted by Crippen LogP contribution is 2.41. The van der Waals surface area contributed by atoms with Gasteiger partial charge in [0.2, 0.25) is 0 Å². The summed E-state index contributed by atoms with van der Waals surface area (Å²) in [5, 5.41) is 6.62. The van der Waals surface area contributed by atoms with Crippen LogP contribution in [0.5, 0.6) is 0 Å². The molecule has 0 fully saturated rings. The Kier molecular flexibility index (Phi) is 6.78. The molecule has 4 nitrogen and oxygen atoms in total. The molecule has 0 spiro atoms. The predicted molar refractivity (Wildman–Crippen MR) is 209 cm³/mol. The molecule has 0 unspecified atom stereocenters. The van der Waals surface area contributed by atoms with E-state index in [0.29, 0.717) is 17.5 Å². The van der Waals surface area contributed by atoms with Crippen LogP contribution in [0, 0.1) is 0 Å². The Bertz CT molecular complexity index is 2910. The normalized spacial score (nSPS) is 11.5. The van der Waals surface area contributed by atoms with E-state index in [0.717, 1.165) is 77.0 Å². The number of fused-ring (bicyclic) bond motifs is 6.